The lowest BCUT2D eigenvalue weighted by Crippen LogP contribution is -2.37. The second-order valence-corrected chi connectivity index (χ2v) is 8.96. The Bertz CT molecular complexity index is 675. The maximum absolute atomic E-state index is 4.72. The summed E-state index contributed by atoms with van der Waals surface area (Å²) in [6.45, 7) is 12.2. The second kappa shape index (κ2) is 8.07. The zero-order chi connectivity index (χ0) is 17.7. The third kappa shape index (κ3) is 5.27. The molecule has 0 spiro atoms. The van der Waals surface area contributed by atoms with E-state index in [1.54, 1.807) is 29.7 Å². The molecule has 2 aromatic rings. The number of hydrogen-bond donors (Lipinski definition) is 2. The highest BCUT2D eigenvalue weighted by Gasteiger charge is 2.17. The van der Waals surface area contributed by atoms with Gasteiger partial charge in [-0.15, -0.1) is 22.7 Å². The van der Waals surface area contributed by atoms with Crippen molar-refractivity contribution in [1.82, 2.24) is 20.6 Å². The van der Waals surface area contributed by atoms with Crippen LogP contribution in [-0.2, 0) is 18.4 Å². The summed E-state index contributed by atoms with van der Waals surface area (Å²) < 4.78 is 0. The smallest absolute Gasteiger partial charge is 0.191 e. The number of hydrogen-bond acceptors (Lipinski definition) is 5. The largest absolute Gasteiger partial charge is 0.356 e. The summed E-state index contributed by atoms with van der Waals surface area (Å²) in [4.78, 5) is 14.8. The fourth-order valence-corrected chi connectivity index (χ4v) is 3.95. The van der Waals surface area contributed by atoms with Crippen molar-refractivity contribution in [2.45, 2.75) is 53.0 Å². The highest BCUT2D eigenvalue weighted by Crippen LogP contribution is 2.23. The van der Waals surface area contributed by atoms with Gasteiger partial charge in [0.1, 0.15) is 5.01 Å². The number of rotatable bonds is 5. The summed E-state index contributed by atoms with van der Waals surface area (Å²) in [5.74, 6) is 0.799. The molecule has 2 rings (SSSR count). The first kappa shape index (κ1) is 18.9. The van der Waals surface area contributed by atoms with Crippen molar-refractivity contribution in [3.63, 3.8) is 0 Å². The molecule has 132 valence electrons. The highest BCUT2D eigenvalue weighted by molar-refractivity contribution is 7.11. The van der Waals surface area contributed by atoms with Gasteiger partial charge in [-0.1, -0.05) is 20.8 Å². The first-order chi connectivity index (χ1) is 11.3. The van der Waals surface area contributed by atoms with Crippen LogP contribution >= 0.6 is 22.7 Å². The fourth-order valence-electron chi connectivity index (χ4n) is 2.05. The standard InChI is InChI=1S/C17H27N5S2/c1-11-12(2)24-15(21-11)9-20-16(18-6)19-8-7-14-22-13(10-23-14)17(3,4)5/h10H,7-9H2,1-6H3,(H2,18,19,20). The third-order valence-electron chi connectivity index (χ3n) is 3.65. The molecular formula is C17H27N5S2. The van der Waals surface area contributed by atoms with Crippen molar-refractivity contribution < 1.29 is 0 Å². The number of nitrogens with one attached hydrogen (secondary N) is 2. The van der Waals surface area contributed by atoms with E-state index in [9.17, 15) is 0 Å². The summed E-state index contributed by atoms with van der Waals surface area (Å²) in [6.07, 6.45) is 0.900. The van der Waals surface area contributed by atoms with Gasteiger partial charge in [0, 0.05) is 35.7 Å². The lowest BCUT2D eigenvalue weighted by atomic mass is 9.93. The summed E-state index contributed by atoms with van der Waals surface area (Å²) >= 11 is 3.46. The minimum atomic E-state index is 0.115. The molecule has 0 saturated carbocycles. The van der Waals surface area contributed by atoms with Crippen LogP contribution in [0, 0.1) is 13.8 Å². The van der Waals surface area contributed by atoms with E-state index in [0.717, 1.165) is 34.6 Å². The van der Waals surface area contributed by atoms with E-state index in [4.69, 9.17) is 4.98 Å². The Morgan fingerprint density at radius 1 is 1.17 bits per heavy atom. The van der Waals surface area contributed by atoms with E-state index in [0.29, 0.717) is 6.54 Å². The highest BCUT2D eigenvalue weighted by atomic mass is 32.1. The summed E-state index contributed by atoms with van der Waals surface area (Å²) in [6, 6.07) is 0. The van der Waals surface area contributed by atoms with Crippen molar-refractivity contribution in [3.05, 3.63) is 31.7 Å². The van der Waals surface area contributed by atoms with Crippen LogP contribution in [0.3, 0.4) is 0 Å². The van der Waals surface area contributed by atoms with Gasteiger partial charge in [0.05, 0.1) is 22.9 Å². The summed E-state index contributed by atoms with van der Waals surface area (Å²) in [5.41, 5.74) is 2.39. The molecule has 0 radical (unpaired) electrons. The molecule has 0 fully saturated rings. The number of aryl methyl sites for hydroxylation is 2. The maximum Gasteiger partial charge on any atom is 0.191 e. The Hall–Kier alpha value is -1.47. The number of aliphatic imine (C=N–C) groups is 1. The van der Waals surface area contributed by atoms with Crippen molar-refractivity contribution in [3.8, 4) is 0 Å². The van der Waals surface area contributed by atoms with Gasteiger partial charge in [0.15, 0.2) is 5.96 Å². The first-order valence-corrected chi connectivity index (χ1v) is 9.81. The molecule has 0 amide bonds. The molecule has 0 bridgehead atoms. The van der Waals surface area contributed by atoms with Crippen LogP contribution in [0.1, 0.15) is 47.1 Å². The third-order valence-corrected chi connectivity index (χ3v) is 5.64. The van der Waals surface area contributed by atoms with E-state index in [1.165, 1.54) is 10.6 Å². The van der Waals surface area contributed by atoms with Crippen LogP contribution in [-0.4, -0.2) is 29.5 Å². The van der Waals surface area contributed by atoms with Crippen molar-refractivity contribution in [2.24, 2.45) is 4.99 Å². The summed E-state index contributed by atoms with van der Waals surface area (Å²) in [5, 5.41) is 11.1. The SMILES string of the molecule is CN=C(NCCc1nc(C(C)(C)C)cs1)NCc1nc(C)c(C)s1. The Labute approximate surface area is 152 Å². The van der Waals surface area contributed by atoms with E-state index in [2.05, 4.69) is 53.7 Å². The molecule has 24 heavy (non-hydrogen) atoms. The Morgan fingerprint density at radius 2 is 1.92 bits per heavy atom. The zero-order valence-electron chi connectivity index (χ0n) is 15.4. The Morgan fingerprint density at radius 3 is 2.46 bits per heavy atom. The number of nitrogens with zero attached hydrogens (tertiary/aromatic N) is 3. The number of guanidine groups is 1. The summed E-state index contributed by atoms with van der Waals surface area (Å²) in [7, 11) is 1.79. The molecule has 2 N–H and O–H groups in total. The quantitative estimate of drug-likeness (QED) is 0.629. The molecule has 0 aromatic carbocycles. The van der Waals surface area contributed by atoms with Gasteiger partial charge in [0.2, 0.25) is 0 Å². The molecule has 0 atom stereocenters. The molecule has 7 heteroatoms. The molecule has 2 aromatic heterocycles. The van der Waals surface area contributed by atoms with Gasteiger partial charge >= 0.3 is 0 Å². The fraction of sp³-hybridized carbons (Fsp3) is 0.588. The molecule has 5 nitrogen and oxygen atoms in total. The Balaban J connectivity index is 1.78. The van der Waals surface area contributed by atoms with Crippen LogP contribution < -0.4 is 10.6 Å². The molecule has 0 unspecified atom stereocenters. The molecule has 0 aliphatic rings. The normalized spacial score (nSPS) is 12.5. The van der Waals surface area contributed by atoms with E-state index >= 15 is 0 Å². The van der Waals surface area contributed by atoms with Crippen LogP contribution in [0.2, 0.25) is 0 Å². The van der Waals surface area contributed by atoms with Gasteiger partial charge < -0.3 is 10.6 Å². The van der Waals surface area contributed by atoms with Crippen molar-refractivity contribution >= 4 is 28.6 Å². The lowest BCUT2D eigenvalue weighted by Gasteiger charge is -2.14. The van der Waals surface area contributed by atoms with E-state index < -0.39 is 0 Å². The average molecular weight is 366 g/mol. The minimum Gasteiger partial charge on any atom is -0.356 e. The predicted molar refractivity (Wildman–Crippen MR) is 104 cm³/mol. The molecule has 0 aliphatic carbocycles. The number of thiazole rings is 2. The molecule has 0 saturated heterocycles. The lowest BCUT2D eigenvalue weighted by molar-refractivity contribution is 0.570. The predicted octanol–water partition coefficient (Wildman–Crippen LogP) is 3.42. The average Bonchev–Trinajstić information content (AvgIpc) is 3.10. The monoisotopic (exact) mass is 365 g/mol. The van der Waals surface area contributed by atoms with Crippen LogP contribution in [0.15, 0.2) is 10.4 Å². The zero-order valence-corrected chi connectivity index (χ0v) is 17.0. The molecule has 0 aliphatic heterocycles. The first-order valence-electron chi connectivity index (χ1n) is 8.12. The van der Waals surface area contributed by atoms with Crippen molar-refractivity contribution in [1.29, 1.82) is 0 Å². The molecular weight excluding hydrogens is 338 g/mol. The van der Waals surface area contributed by atoms with Gasteiger partial charge in [-0.3, -0.25) is 4.99 Å². The van der Waals surface area contributed by atoms with E-state index in [1.807, 2.05) is 6.92 Å². The van der Waals surface area contributed by atoms with Crippen molar-refractivity contribution in [2.75, 3.05) is 13.6 Å². The van der Waals surface area contributed by atoms with Crippen LogP contribution in [0.5, 0.6) is 0 Å². The van der Waals surface area contributed by atoms with E-state index in [-0.39, 0.29) is 5.41 Å². The Kier molecular flexibility index (Phi) is 6.34. The van der Waals surface area contributed by atoms with Gasteiger partial charge in [-0.2, -0.15) is 0 Å². The minimum absolute atomic E-state index is 0.115. The van der Waals surface area contributed by atoms with Gasteiger partial charge in [-0.05, 0) is 13.8 Å². The van der Waals surface area contributed by atoms with Crippen LogP contribution in [0.25, 0.3) is 0 Å². The topological polar surface area (TPSA) is 62.2 Å². The van der Waals surface area contributed by atoms with Gasteiger partial charge in [-0.25, -0.2) is 9.97 Å². The van der Waals surface area contributed by atoms with Crippen LogP contribution in [0.4, 0.5) is 0 Å². The molecule has 2 heterocycles. The van der Waals surface area contributed by atoms with Gasteiger partial charge in [0.25, 0.3) is 0 Å². The maximum atomic E-state index is 4.72. The second-order valence-electron chi connectivity index (χ2n) is 6.73. The number of aromatic nitrogens is 2.